The molecule has 2 fully saturated rings. The van der Waals surface area contributed by atoms with E-state index in [4.69, 9.17) is 26.7 Å². The first-order valence-corrected chi connectivity index (χ1v) is 12.4. The van der Waals surface area contributed by atoms with Gasteiger partial charge in [-0.3, -0.25) is 18.9 Å². The Morgan fingerprint density at radius 2 is 1.89 bits per heavy atom. The molecule has 3 aromatic rings. The summed E-state index contributed by atoms with van der Waals surface area (Å²) in [6, 6.07) is 11.3. The van der Waals surface area contributed by atoms with Crippen LogP contribution in [0.3, 0.4) is 0 Å². The van der Waals surface area contributed by atoms with Crippen molar-refractivity contribution in [2.24, 2.45) is 0 Å². The number of morpholine rings is 1. The van der Waals surface area contributed by atoms with Gasteiger partial charge in [-0.2, -0.15) is 0 Å². The Balaban J connectivity index is 1.53. The van der Waals surface area contributed by atoms with E-state index in [0.717, 1.165) is 16.9 Å². The van der Waals surface area contributed by atoms with E-state index in [1.165, 1.54) is 16.2 Å². The molecule has 0 N–H and O–H groups in total. The van der Waals surface area contributed by atoms with Gasteiger partial charge >= 0.3 is 0 Å². The van der Waals surface area contributed by atoms with E-state index in [9.17, 15) is 9.59 Å². The van der Waals surface area contributed by atoms with E-state index in [0.29, 0.717) is 59.1 Å². The van der Waals surface area contributed by atoms with Crippen molar-refractivity contribution >= 4 is 51.7 Å². The molecule has 0 spiro atoms. The fourth-order valence-electron chi connectivity index (χ4n) is 4.07. The molecule has 35 heavy (non-hydrogen) atoms. The van der Waals surface area contributed by atoms with Gasteiger partial charge in [0.15, 0.2) is 0 Å². The van der Waals surface area contributed by atoms with E-state index in [1.807, 2.05) is 48.2 Å². The maximum atomic E-state index is 13.6. The highest BCUT2D eigenvalue weighted by Crippen LogP contribution is 2.34. The number of ether oxygens (including phenoxy) is 2. The lowest BCUT2D eigenvalue weighted by Crippen LogP contribution is -2.38. The third-order valence-electron chi connectivity index (χ3n) is 5.94. The Morgan fingerprint density at radius 3 is 2.60 bits per heavy atom. The summed E-state index contributed by atoms with van der Waals surface area (Å²) in [6.07, 6.45) is 3.40. The first-order valence-electron chi connectivity index (χ1n) is 11.2. The van der Waals surface area contributed by atoms with E-state index in [-0.39, 0.29) is 11.5 Å². The molecule has 8 nitrogen and oxygen atoms in total. The summed E-state index contributed by atoms with van der Waals surface area (Å²) in [4.78, 5) is 35.7. The number of carbonyl (C=O) groups is 1. The molecule has 0 saturated carbocycles. The molecule has 5 rings (SSSR count). The Labute approximate surface area is 212 Å². The van der Waals surface area contributed by atoms with Crippen LogP contribution in [0.15, 0.2) is 52.3 Å². The van der Waals surface area contributed by atoms with E-state index >= 15 is 0 Å². The predicted molar refractivity (Wildman–Crippen MR) is 141 cm³/mol. The van der Waals surface area contributed by atoms with Crippen LogP contribution in [-0.2, 0) is 16.1 Å². The largest absolute Gasteiger partial charge is 0.497 e. The van der Waals surface area contributed by atoms with Crippen molar-refractivity contribution in [1.29, 1.82) is 0 Å². The summed E-state index contributed by atoms with van der Waals surface area (Å²) in [5.41, 5.74) is 2.59. The first kappa shape index (κ1) is 23.5. The fourth-order valence-corrected chi connectivity index (χ4v) is 5.31. The quantitative estimate of drug-likeness (QED) is 0.384. The maximum Gasteiger partial charge on any atom is 0.267 e. The molecule has 2 aliphatic rings. The van der Waals surface area contributed by atoms with Crippen molar-refractivity contribution in [2.75, 3.05) is 38.3 Å². The molecule has 0 bridgehead atoms. The minimum Gasteiger partial charge on any atom is -0.497 e. The number of hydrogen-bond acceptors (Lipinski definition) is 8. The smallest absolute Gasteiger partial charge is 0.267 e. The number of amides is 1. The molecular weight excluding hydrogens is 484 g/mol. The van der Waals surface area contributed by atoms with Crippen molar-refractivity contribution in [3.8, 4) is 5.75 Å². The number of aryl methyl sites for hydroxylation is 1. The molecule has 2 saturated heterocycles. The van der Waals surface area contributed by atoms with Crippen LogP contribution in [0, 0.1) is 6.92 Å². The second-order valence-electron chi connectivity index (χ2n) is 8.30. The van der Waals surface area contributed by atoms with Gasteiger partial charge in [-0.1, -0.05) is 42.2 Å². The highest BCUT2D eigenvalue weighted by molar-refractivity contribution is 8.26. The zero-order valence-electron chi connectivity index (χ0n) is 19.4. The molecule has 10 heteroatoms. The molecular formula is C25H24N4O4S2. The average molecular weight is 509 g/mol. The number of anilines is 1. The van der Waals surface area contributed by atoms with E-state index in [2.05, 4.69) is 0 Å². The van der Waals surface area contributed by atoms with Gasteiger partial charge < -0.3 is 14.4 Å². The van der Waals surface area contributed by atoms with Crippen molar-refractivity contribution in [3.05, 3.63) is 74.5 Å². The van der Waals surface area contributed by atoms with Gasteiger partial charge in [0.2, 0.25) is 0 Å². The summed E-state index contributed by atoms with van der Waals surface area (Å²) in [5.74, 6) is 1.08. The van der Waals surface area contributed by atoms with Crippen LogP contribution in [0.2, 0.25) is 0 Å². The third kappa shape index (κ3) is 4.69. The first-order chi connectivity index (χ1) is 16.9. The average Bonchev–Trinajstić information content (AvgIpc) is 3.14. The van der Waals surface area contributed by atoms with Crippen LogP contribution in [-0.4, -0.2) is 57.9 Å². The van der Waals surface area contributed by atoms with Crippen LogP contribution in [0.25, 0.3) is 11.7 Å². The molecule has 1 aromatic carbocycles. The molecule has 0 atom stereocenters. The molecule has 4 heterocycles. The molecule has 2 aliphatic heterocycles. The summed E-state index contributed by atoms with van der Waals surface area (Å²) in [6.45, 7) is 4.61. The van der Waals surface area contributed by atoms with Gasteiger partial charge in [0.25, 0.3) is 11.5 Å². The Hall–Kier alpha value is -3.21. The topological polar surface area (TPSA) is 76.4 Å². The lowest BCUT2D eigenvalue weighted by molar-refractivity contribution is -0.122. The monoisotopic (exact) mass is 508 g/mol. The summed E-state index contributed by atoms with van der Waals surface area (Å²) < 4.78 is 12.7. The molecule has 180 valence electrons. The number of rotatable bonds is 5. The van der Waals surface area contributed by atoms with Crippen LogP contribution in [0.5, 0.6) is 5.75 Å². The maximum absolute atomic E-state index is 13.6. The zero-order valence-corrected chi connectivity index (χ0v) is 21.0. The molecule has 1 amide bonds. The predicted octanol–water partition coefficient (Wildman–Crippen LogP) is 3.25. The number of carbonyl (C=O) groups excluding carboxylic acids is 1. The fraction of sp³-hybridized carbons (Fsp3) is 0.280. The van der Waals surface area contributed by atoms with Gasteiger partial charge in [-0.25, -0.2) is 4.98 Å². The standard InChI is InChI=1S/C25H24N4O4S2/c1-16-3-8-21-26-22(27-9-11-33-12-10-27)19(23(30)28(21)14-16)13-20-24(31)29(25(34)35-20)15-17-4-6-18(32-2)7-5-17/h3-8,13-14H,9-12,15H2,1-2H3/b20-13-. The number of hydrogen-bond donors (Lipinski definition) is 0. The second kappa shape index (κ2) is 9.80. The van der Waals surface area contributed by atoms with Crippen molar-refractivity contribution in [2.45, 2.75) is 13.5 Å². The van der Waals surface area contributed by atoms with Crippen LogP contribution >= 0.6 is 24.0 Å². The molecule has 0 unspecified atom stereocenters. The zero-order chi connectivity index (χ0) is 24.5. The number of fused-ring (bicyclic) bond motifs is 1. The van der Waals surface area contributed by atoms with Crippen molar-refractivity contribution < 1.29 is 14.3 Å². The van der Waals surface area contributed by atoms with Gasteiger partial charge in [-0.15, -0.1) is 0 Å². The number of benzene rings is 1. The van der Waals surface area contributed by atoms with Crippen molar-refractivity contribution in [3.63, 3.8) is 0 Å². The lowest BCUT2D eigenvalue weighted by Gasteiger charge is -2.29. The van der Waals surface area contributed by atoms with Gasteiger partial charge in [0.05, 0.1) is 37.3 Å². The van der Waals surface area contributed by atoms with Gasteiger partial charge in [0, 0.05) is 19.3 Å². The summed E-state index contributed by atoms with van der Waals surface area (Å²) in [7, 11) is 1.61. The Kier molecular flexibility index (Phi) is 6.59. The highest BCUT2D eigenvalue weighted by Gasteiger charge is 2.33. The SMILES string of the molecule is COc1ccc(CN2C(=O)/C(=C/c3c(N4CCOCC4)nc4ccc(C)cn4c3=O)SC2=S)cc1. The number of thioether (sulfide) groups is 1. The van der Waals surface area contributed by atoms with E-state index in [1.54, 1.807) is 24.3 Å². The Morgan fingerprint density at radius 1 is 1.14 bits per heavy atom. The number of thiocarbonyl (C=S) groups is 1. The lowest BCUT2D eigenvalue weighted by atomic mass is 10.2. The minimum absolute atomic E-state index is 0.222. The third-order valence-corrected chi connectivity index (χ3v) is 7.32. The minimum atomic E-state index is -0.225. The van der Waals surface area contributed by atoms with E-state index < -0.39 is 0 Å². The number of nitrogens with zero attached hydrogens (tertiary/aromatic N) is 4. The van der Waals surface area contributed by atoms with Crippen molar-refractivity contribution in [1.82, 2.24) is 14.3 Å². The van der Waals surface area contributed by atoms with Gasteiger partial charge in [-0.05, 0) is 42.3 Å². The molecule has 2 aromatic heterocycles. The molecule has 0 aliphatic carbocycles. The van der Waals surface area contributed by atoms with Crippen LogP contribution in [0.1, 0.15) is 16.7 Å². The number of pyridine rings is 1. The number of methoxy groups -OCH3 is 1. The number of aromatic nitrogens is 2. The summed E-state index contributed by atoms with van der Waals surface area (Å²) in [5, 5.41) is 0. The van der Waals surface area contributed by atoms with Crippen LogP contribution < -0.4 is 15.2 Å². The van der Waals surface area contributed by atoms with Crippen LogP contribution in [0.4, 0.5) is 5.82 Å². The molecule has 0 radical (unpaired) electrons. The van der Waals surface area contributed by atoms with Gasteiger partial charge in [0.1, 0.15) is 21.5 Å². The second-order valence-corrected chi connectivity index (χ2v) is 9.98. The normalized spacial score (nSPS) is 17.6. The highest BCUT2D eigenvalue weighted by atomic mass is 32.2. The summed E-state index contributed by atoms with van der Waals surface area (Å²) >= 11 is 6.72. The Bertz CT molecular complexity index is 1400.